The van der Waals surface area contributed by atoms with Crippen molar-refractivity contribution in [2.24, 2.45) is 5.73 Å². The first kappa shape index (κ1) is 16.4. The normalized spacial score (nSPS) is 12.4. The number of rotatable bonds is 11. The van der Waals surface area contributed by atoms with Crippen LogP contribution in [-0.4, -0.2) is 45.4 Å². The minimum absolute atomic E-state index is 0.125. The predicted molar refractivity (Wildman–Crippen MR) is 67.8 cm³/mol. The fourth-order valence-corrected chi connectivity index (χ4v) is 1.58. The molecule has 0 bridgehead atoms. The van der Waals surface area contributed by atoms with Crippen LogP contribution in [0.2, 0.25) is 0 Å². The van der Waals surface area contributed by atoms with Gasteiger partial charge in [0.1, 0.15) is 0 Å². The molecule has 0 rings (SSSR count). The zero-order valence-electron chi connectivity index (χ0n) is 11.0. The van der Waals surface area contributed by atoms with Gasteiger partial charge in [-0.1, -0.05) is 0 Å². The van der Waals surface area contributed by atoms with E-state index in [4.69, 9.17) is 15.2 Å². The van der Waals surface area contributed by atoms with Crippen molar-refractivity contribution in [2.45, 2.75) is 38.6 Å². The Balaban J connectivity index is 3.55. The van der Waals surface area contributed by atoms with Crippen LogP contribution in [0.15, 0.2) is 0 Å². The summed E-state index contributed by atoms with van der Waals surface area (Å²) in [5, 5.41) is 3.36. The van der Waals surface area contributed by atoms with E-state index in [0.717, 1.165) is 25.8 Å². The standard InChI is InChI=1S/C12H26N2O3/c1-3-17-12(15)7-5-9-14-11(10-16-2)6-4-8-13/h11,14H,3-10,13H2,1-2H3. The van der Waals surface area contributed by atoms with Gasteiger partial charge in [-0.05, 0) is 39.3 Å². The molecule has 1 atom stereocenters. The fraction of sp³-hybridized carbons (Fsp3) is 0.917. The third-order valence-corrected chi connectivity index (χ3v) is 2.42. The first-order valence-corrected chi connectivity index (χ1v) is 6.32. The minimum atomic E-state index is -0.125. The Kier molecular flexibility index (Phi) is 11.4. The summed E-state index contributed by atoms with van der Waals surface area (Å²) in [5.41, 5.74) is 5.47. The van der Waals surface area contributed by atoms with Gasteiger partial charge in [0.2, 0.25) is 0 Å². The van der Waals surface area contributed by atoms with E-state index >= 15 is 0 Å². The van der Waals surface area contributed by atoms with Crippen molar-refractivity contribution in [3.05, 3.63) is 0 Å². The fourth-order valence-electron chi connectivity index (χ4n) is 1.58. The van der Waals surface area contributed by atoms with Gasteiger partial charge in [-0.2, -0.15) is 0 Å². The molecule has 0 saturated carbocycles. The van der Waals surface area contributed by atoms with Gasteiger partial charge in [0.25, 0.3) is 0 Å². The van der Waals surface area contributed by atoms with Crippen LogP contribution in [0.1, 0.15) is 32.6 Å². The van der Waals surface area contributed by atoms with Crippen molar-refractivity contribution >= 4 is 5.97 Å². The van der Waals surface area contributed by atoms with E-state index in [1.54, 1.807) is 7.11 Å². The molecule has 0 aromatic rings. The molecule has 0 fully saturated rings. The number of carbonyl (C=O) groups is 1. The largest absolute Gasteiger partial charge is 0.466 e. The van der Waals surface area contributed by atoms with Gasteiger partial charge in [0, 0.05) is 19.6 Å². The number of methoxy groups -OCH3 is 1. The number of carbonyl (C=O) groups excluding carboxylic acids is 1. The molecule has 0 radical (unpaired) electrons. The molecule has 3 N–H and O–H groups in total. The Labute approximate surface area is 104 Å². The Morgan fingerprint density at radius 1 is 1.41 bits per heavy atom. The molecule has 0 aliphatic carbocycles. The monoisotopic (exact) mass is 246 g/mol. The Morgan fingerprint density at radius 3 is 2.76 bits per heavy atom. The van der Waals surface area contributed by atoms with Gasteiger partial charge in [0.05, 0.1) is 13.2 Å². The molecule has 5 heteroatoms. The van der Waals surface area contributed by atoms with Crippen LogP contribution in [0.3, 0.4) is 0 Å². The SMILES string of the molecule is CCOC(=O)CCCNC(CCCN)COC. The van der Waals surface area contributed by atoms with Crippen LogP contribution >= 0.6 is 0 Å². The van der Waals surface area contributed by atoms with Gasteiger partial charge in [-0.3, -0.25) is 4.79 Å². The van der Waals surface area contributed by atoms with Crippen LogP contribution in [-0.2, 0) is 14.3 Å². The van der Waals surface area contributed by atoms with Gasteiger partial charge >= 0.3 is 5.97 Å². The Morgan fingerprint density at radius 2 is 2.18 bits per heavy atom. The van der Waals surface area contributed by atoms with E-state index in [1.165, 1.54) is 0 Å². The second kappa shape index (κ2) is 11.8. The van der Waals surface area contributed by atoms with Crippen molar-refractivity contribution in [1.29, 1.82) is 0 Å². The lowest BCUT2D eigenvalue weighted by molar-refractivity contribution is -0.143. The summed E-state index contributed by atoms with van der Waals surface area (Å²) in [4.78, 5) is 11.1. The van der Waals surface area contributed by atoms with Crippen molar-refractivity contribution < 1.29 is 14.3 Å². The molecule has 5 nitrogen and oxygen atoms in total. The average Bonchev–Trinajstić information content (AvgIpc) is 2.31. The molecule has 0 aromatic heterocycles. The average molecular weight is 246 g/mol. The Hall–Kier alpha value is -0.650. The van der Waals surface area contributed by atoms with Crippen molar-refractivity contribution in [2.75, 3.05) is 33.4 Å². The minimum Gasteiger partial charge on any atom is -0.466 e. The van der Waals surface area contributed by atoms with Crippen molar-refractivity contribution in [1.82, 2.24) is 5.32 Å². The number of hydrogen-bond donors (Lipinski definition) is 2. The van der Waals surface area contributed by atoms with Crippen LogP contribution in [0.4, 0.5) is 0 Å². The summed E-state index contributed by atoms with van der Waals surface area (Å²) in [6.45, 7) is 4.45. The quantitative estimate of drug-likeness (QED) is 0.414. The Bertz CT molecular complexity index is 189. The van der Waals surface area contributed by atoms with Gasteiger partial charge in [0.15, 0.2) is 0 Å². The zero-order valence-corrected chi connectivity index (χ0v) is 11.0. The van der Waals surface area contributed by atoms with Gasteiger partial charge < -0.3 is 20.5 Å². The molecule has 0 amide bonds. The summed E-state index contributed by atoms with van der Waals surface area (Å²) in [6, 6.07) is 0.325. The number of nitrogens with two attached hydrogens (primary N) is 1. The molecule has 0 saturated heterocycles. The molecule has 0 aliphatic heterocycles. The summed E-state index contributed by atoms with van der Waals surface area (Å²) in [6.07, 6.45) is 3.25. The highest BCUT2D eigenvalue weighted by molar-refractivity contribution is 5.69. The third-order valence-electron chi connectivity index (χ3n) is 2.42. The van der Waals surface area contributed by atoms with Crippen molar-refractivity contribution in [3.8, 4) is 0 Å². The smallest absolute Gasteiger partial charge is 0.305 e. The number of hydrogen-bond acceptors (Lipinski definition) is 5. The molecule has 0 aliphatic rings. The van der Waals surface area contributed by atoms with Crippen LogP contribution in [0.25, 0.3) is 0 Å². The number of nitrogens with one attached hydrogen (secondary N) is 1. The molecular formula is C12H26N2O3. The number of esters is 1. The van der Waals surface area contributed by atoms with E-state index < -0.39 is 0 Å². The lowest BCUT2D eigenvalue weighted by Crippen LogP contribution is -2.34. The maximum atomic E-state index is 11.1. The molecule has 102 valence electrons. The summed E-state index contributed by atoms with van der Waals surface area (Å²) < 4.78 is 9.98. The zero-order chi connectivity index (χ0) is 12.9. The molecule has 1 unspecified atom stereocenters. The van der Waals surface area contributed by atoms with Crippen LogP contribution < -0.4 is 11.1 Å². The highest BCUT2D eigenvalue weighted by Crippen LogP contribution is 1.98. The second-order valence-corrected chi connectivity index (χ2v) is 3.95. The molecular weight excluding hydrogens is 220 g/mol. The topological polar surface area (TPSA) is 73.6 Å². The third kappa shape index (κ3) is 10.2. The second-order valence-electron chi connectivity index (χ2n) is 3.95. The molecule has 0 aromatic carbocycles. The van der Waals surface area contributed by atoms with E-state index in [1.807, 2.05) is 6.92 Å². The predicted octanol–water partition coefficient (Wildman–Crippen LogP) is 0.673. The highest BCUT2D eigenvalue weighted by atomic mass is 16.5. The van der Waals surface area contributed by atoms with E-state index in [-0.39, 0.29) is 5.97 Å². The lowest BCUT2D eigenvalue weighted by atomic mass is 10.1. The first-order chi connectivity index (χ1) is 8.24. The highest BCUT2D eigenvalue weighted by Gasteiger charge is 2.07. The molecule has 17 heavy (non-hydrogen) atoms. The molecule has 0 heterocycles. The molecule has 0 spiro atoms. The van der Waals surface area contributed by atoms with Crippen LogP contribution in [0, 0.1) is 0 Å². The lowest BCUT2D eigenvalue weighted by Gasteiger charge is -2.17. The van der Waals surface area contributed by atoms with Gasteiger partial charge in [-0.15, -0.1) is 0 Å². The van der Waals surface area contributed by atoms with Gasteiger partial charge in [-0.25, -0.2) is 0 Å². The maximum Gasteiger partial charge on any atom is 0.305 e. The van der Waals surface area contributed by atoms with E-state index in [2.05, 4.69) is 5.32 Å². The maximum absolute atomic E-state index is 11.1. The summed E-state index contributed by atoms with van der Waals surface area (Å²) in [5.74, 6) is -0.125. The van der Waals surface area contributed by atoms with Crippen LogP contribution in [0.5, 0.6) is 0 Å². The van der Waals surface area contributed by atoms with E-state index in [0.29, 0.717) is 32.2 Å². The first-order valence-electron chi connectivity index (χ1n) is 6.32. The van der Waals surface area contributed by atoms with E-state index in [9.17, 15) is 4.79 Å². The summed E-state index contributed by atoms with van der Waals surface area (Å²) in [7, 11) is 1.69. The number of ether oxygens (including phenoxy) is 2. The summed E-state index contributed by atoms with van der Waals surface area (Å²) >= 11 is 0. The van der Waals surface area contributed by atoms with Crippen molar-refractivity contribution in [3.63, 3.8) is 0 Å².